The van der Waals surface area contributed by atoms with Crippen LogP contribution < -0.4 is 0 Å². The van der Waals surface area contributed by atoms with Gasteiger partial charge in [-0.05, 0) is 18.2 Å². The third-order valence-corrected chi connectivity index (χ3v) is 2.64. The van der Waals surface area contributed by atoms with Crippen molar-refractivity contribution < 1.29 is 8.78 Å². The molecule has 0 aliphatic heterocycles. The third-order valence-electron chi connectivity index (χ3n) is 2.64. The highest BCUT2D eigenvalue weighted by molar-refractivity contribution is 5.84. The van der Waals surface area contributed by atoms with Gasteiger partial charge in [0.2, 0.25) is 0 Å². The lowest BCUT2D eigenvalue weighted by Gasteiger charge is -2.03. The monoisotopic (exact) mass is 243 g/mol. The maximum atomic E-state index is 14.1. The van der Waals surface area contributed by atoms with Gasteiger partial charge in [0.1, 0.15) is 29.3 Å². The SMILES string of the molecule is Cn1ccc2c(F)c(C=C(C#N)C#N)c(F)cc21. The fourth-order valence-corrected chi connectivity index (χ4v) is 1.72. The van der Waals surface area contributed by atoms with Gasteiger partial charge < -0.3 is 4.57 Å². The van der Waals surface area contributed by atoms with Crippen molar-refractivity contribution in [2.45, 2.75) is 0 Å². The number of hydrogen-bond donors (Lipinski definition) is 0. The van der Waals surface area contributed by atoms with Crippen LogP contribution in [0, 0.1) is 34.3 Å². The summed E-state index contributed by atoms with van der Waals surface area (Å²) in [4.78, 5) is 0. The van der Waals surface area contributed by atoms with Crippen LogP contribution >= 0.6 is 0 Å². The van der Waals surface area contributed by atoms with Crippen LogP contribution in [-0.2, 0) is 7.05 Å². The zero-order valence-corrected chi connectivity index (χ0v) is 9.41. The molecule has 0 N–H and O–H groups in total. The lowest BCUT2D eigenvalue weighted by molar-refractivity contribution is 0.587. The van der Waals surface area contributed by atoms with E-state index in [1.807, 2.05) is 0 Å². The first-order chi connectivity index (χ1) is 8.58. The Bertz CT molecular complexity index is 726. The molecule has 0 amide bonds. The van der Waals surface area contributed by atoms with Gasteiger partial charge in [0.25, 0.3) is 0 Å². The summed E-state index contributed by atoms with van der Waals surface area (Å²) in [6.07, 6.45) is 2.52. The van der Waals surface area contributed by atoms with Gasteiger partial charge in [-0.3, -0.25) is 0 Å². The van der Waals surface area contributed by atoms with E-state index in [0.29, 0.717) is 5.52 Å². The molecule has 1 heterocycles. The molecular weight excluding hydrogens is 236 g/mol. The van der Waals surface area contributed by atoms with Crippen molar-refractivity contribution in [2.24, 2.45) is 7.05 Å². The first-order valence-corrected chi connectivity index (χ1v) is 5.03. The van der Waals surface area contributed by atoms with Crippen molar-refractivity contribution >= 4 is 17.0 Å². The van der Waals surface area contributed by atoms with E-state index in [-0.39, 0.29) is 16.5 Å². The van der Waals surface area contributed by atoms with Crippen molar-refractivity contribution in [3.63, 3.8) is 0 Å². The van der Waals surface area contributed by atoms with Crippen LogP contribution in [-0.4, -0.2) is 4.57 Å². The van der Waals surface area contributed by atoms with Crippen LogP contribution in [0.3, 0.4) is 0 Å². The van der Waals surface area contributed by atoms with Crippen molar-refractivity contribution in [1.82, 2.24) is 4.57 Å². The minimum absolute atomic E-state index is 0.250. The van der Waals surface area contributed by atoms with E-state index in [1.54, 1.807) is 30.0 Å². The predicted molar refractivity (Wildman–Crippen MR) is 62.0 cm³/mol. The first-order valence-electron chi connectivity index (χ1n) is 5.03. The number of rotatable bonds is 1. The number of nitrogens with zero attached hydrogens (tertiary/aromatic N) is 3. The number of hydrogen-bond acceptors (Lipinski definition) is 2. The molecular formula is C13H7F2N3. The number of fused-ring (bicyclic) bond motifs is 1. The molecule has 0 fully saturated rings. The maximum Gasteiger partial charge on any atom is 0.142 e. The Hall–Kier alpha value is -2.66. The minimum atomic E-state index is -0.801. The quantitative estimate of drug-likeness (QED) is 0.723. The zero-order chi connectivity index (χ0) is 13.3. The van der Waals surface area contributed by atoms with Gasteiger partial charge in [-0.1, -0.05) is 0 Å². The summed E-state index contributed by atoms with van der Waals surface area (Å²) in [6.45, 7) is 0. The van der Waals surface area contributed by atoms with Gasteiger partial charge in [-0.2, -0.15) is 10.5 Å². The van der Waals surface area contributed by atoms with E-state index in [9.17, 15) is 8.78 Å². The summed E-state index contributed by atoms with van der Waals surface area (Å²) in [5.41, 5.74) is -0.299. The molecule has 0 radical (unpaired) electrons. The Labute approximate surface area is 102 Å². The topological polar surface area (TPSA) is 52.5 Å². The number of halogens is 2. The van der Waals surface area contributed by atoms with Crippen LogP contribution in [0.1, 0.15) is 5.56 Å². The molecule has 2 aromatic rings. The fraction of sp³-hybridized carbons (Fsp3) is 0.0769. The lowest BCUT2D eigenvalue weighted by Crippen LogP contribution is -1.93. The Kier molecular flexibility index (Phi) is 2.83. The minimum Gasteiger partial charge on any atom is -0.350 e. The average Bonchev–Trinajstić information content (AvgIpc) is 2.72. The van der Waals surface area contributed by atoms with Gasteiger partial charge in [0.05, 0.1) is 5.52 Å². The van der Waals surface area contributed by atoms with Crippen molar-refractivity contribution in [1.29, 1.82) is 10.5 Å². The highest BCUT2D eigenvalue weighted by atomic mass is 19.1. The number of nitriles is 2. The van der Waals surface area contributed by atoms with Crippen LogP contribution in [0.2, 0.25) is 0 Å². The average molecular weight is 243 g/mol. The predicted octanol–water partition coefficient (Wildman–Crippen LogP) is 2.89. The summed E-state index contributed by atoms with van der Waals surface area (Å²) in [5, 5.41) is 17.4. The van der Waals surface area contributed by atoms with E-state index >= 15 is 0 Å². The Morgan fingerprint density at radius 2 is 2.00 bits per heavy atom. The molecule has 0 aliphatic carbocycles. The molecule has 1 aromatic carbocycles. The normalized spacial score (nSPS) is 9.83. The standard InChI is InChI=1S/C13H7F2N3/c1-18-3-2-9-12(18)5-11(14)10(13(9)15)4-8(6-16)7-17/h2-5H,1H3. The molecule has 0 unspecified atom stereocenters. The highest BCUT2D eigenvalue weighted by Crippen LogP contribution is 2.26. The molecule has 88 valence electrons. The molecule has 0 spiro atoms. The smallest absolute Gasteiger partial charge is 0.142 e. The molecule has 0 bridgehead atoms. The summed E-state index contributed by atoms with van der Waals surface area (Å²) >= 11 is 0. The van der Waals surface area contributed by atoms with Gasteiger partial charge in [-0.15, -0.1) is 0 Å². The van der Waals surface area contributed by atoms with Crippen molar-refractivity contribution in [3.8, 4) is 12.1 Å². The summed E-state index contributed by atoms with van der Waals surface area (Å²) < 4.78 is 29.4. The molecule has 0 saturated heterocycles. The van der Waals surface area contributed by atoms with E-state index < -0.39 is 11.6 Å². The van der Waals surface area contributed by atoms with E-state index in [0.717, 1.165) is 6.08 Å². The molecule has 3 nitrogen and oxygen atoms in total. The summed E-state index contributed by atoms with van der Waals surface area (Å²) in [5.74, 6) is -1.57. The van der Waals surface area contributed by atoms with Crippen LogP contribution in [0.25, 0.3) is 17.0 Å². The third kappa shape index (κ3) is 1.72. The van der Waals surface area contributed by atoms with E-state index in [4.69, 9.17) is 10.5 Å². The molecule has 2 rings (SSSR count). The van der Waals surface area contributed by atoms with Crippen LogP contribution in [0.4, 0.5) is 8.78 Å². The number of benzene rings is 1. The largest absolute Gasteiger partial charge is 0.350 e. The summed E-state index contributed by atoms with van der Waals surface area (Å²) in [7, 11) is 1.67. The van der Waals surface area contributed by atoms with Crippen molar-refractivity contribution in [2.75, 3.05) is 0 Å². The molecule has 0 atom stereocenters. The van der Waals surface area contributed by atoms with Gasteiger partial charge >= 0.3 is 0 Å². The van der Waals surface area contributed by atoms with E-state index in [2.05, 4.69) is 0 Å². The van der Waals surface area contributed by atoms with Gasteiger partial charge in [0.15, 0.2) is 0 Å². The molecule has 1 aromatic heterocycles. The molecule has 0 aliphatic rings. The number of aromatic nitrogens is 1. The Balaban J connectivity index is 2.78. The second-order valence-corrected chi connectivity index (χ2v) is 3.73. The first kappa shape index (κ1) is 11.8. The van der Waals surface area contributed by atoms with Gasteiger partial charge in [0, 0.05) is 24.2 Å². The summed E-state index contributed by atoms with van der Waals surface area (Å²) in [6, 6.07) is 5.83. The van der Waals surface area contributed by atoms with E-state index in [1.165, 1.54) is 12.1 Å². The lowest BCUT2D eigenvalue weighted by atomic mass is 10.1. The molecule has 0 saturated carbocycles. The maximum absolute atomic E-state index is 14.1. The second kappa shape index (κ2) is 4.31. The zero-order valence-electron chi connectivity index (χ0n) is 9.41. The highest BCUT2D eigenvalue weighted by Gasteiger charge is 2.14. The second-order valence-electron chi connectivity index (χ2n) is 3.73. The van der Waals surface area contributed by atoms with Crippen molar-refractivity contribution in [3.05, 3.63) is 41.1 Å². The number of allylic oxidation sites excluding steroid dienone is 1. The Morgan fingerprint density at radius 3 is 2.61 bits per heavy atom. The fourth-order valence-electron chi connectivity index (χ4n) is 1.72. The molecule has 18 heavy (non-hydrogen) atoms. The molecule has 5 heteroatoms. The Morgan fingerprint density at radius 1 is 1.33 bits per heavy atom. The van der Waals surface area contributed by atoms with Gasteiger partial charge in [-0.25, -0.2) is 8.78 Å². The number of aryl methyl sites for hydroxylation is 1. The van der Waals surface area contributed by atoms with Crippen LogP contribution in [0.5, 0.6) is 0 Å². The van der Waals surface area contributed by atoms with Crippen LogP contribution in [0.15, 0.2) is 23.9 Å².